The third kappa shape index (κ3) is 2.49. The molecule has 1 aliphatic heterocycles. The van der Waals surface area contributed by atoms with E-state index in [1.165, 1.54) is 0 Å². The van der Waals surface area contributed by atoms with Crippen LogP contribution in [0.1, 0.15) is 0 Å². The van der Waals surface area contributed by atoms with Crippen LogP contribution in [0.25, 0.3) is 0 Å². The van der Waals surface area contributed by atoms with E-state index in [0.717, 1.165) is 0 Å². The van der Waals surface area contributed by atoms with Gasteiger partial charge in [0.15, 0.2) is 11.5 Å². The Bertz CT molecular complexity index is 585. The molecule has 0 aliphatic carbocycles. The Balaban J connectivity index is 1.70. The summed E-state index contributed by atoms with van der Waals surface area (Å²) >= 11 is 0. The fourth-order valence-corrected chi connectivity index (χ4v) is 1.71. The van der Waals surface area contributed by atoms with E-state index in [-0.39, 0.29) is 12.5 Å². The molecule has 0 saturated heterocycles. The normalized spacial score (nSPS) is 16.7. The van der Waals surface area contributed by atoms with Crippen LogP contribution in [0, 0.1) is 0 Å². The summed E-state index contributed by atoms with van der Waals surface area (Å²) in [5.41, 5.74) is 0. The van der Waals surface area contributed by atoms with Crippen molar-refractivity contribution in [2.75, 3.05) is 6.61 Å². The maximum atomic E-state index is 11.9. The van der Waals surface area contributed by atoms with Crippen LogP contribution in [-0.2, 0) is 4.79 Å². The summed E-state index contributed by atoms with van der Waals surface area (Å²) in [6.45, 7) is 0.128. The molecule has 3 rings (SSSR count). The first-order chi connectivity index (χ1) is 9.33. The summed E-state index contributed by atoms with van der Waals surface area (Å²) in [4.78, 5) is 15.8. The predicted octanol–water partition coefficient (Wildman–Crippen LogP) is 1.83. The fourth-order valence-electron chi connectivity index (χ4n) is 1.71. The van der Waals surface area contributed by atoms with Crippen LogP contribution in [0.3, 0.4) is 0 Å². The third-order valence-corrected chi connectivity index (χ3v) is 2.61. The van der Waals surface area contributed by atoms with E-state index in [4.69, 9.17) is 14.2 Å². The number of esters is 1. The van der Waals surface area contributed by atoms with Gasteiger partial charge in [-0.3, -0.25) is 0 Å². The Morgan fingerprint density at radius 3 is 2.74 bits per heavy atom. The van der Waals surface area contributed by atoms with Crippen LogP contribution in [0.2, 0.25) is 0 Å². The number of aromatic nitrogens is 1. The fraction of sp³-hybridized carbons (Fsp3) is 0.143. The van der Waals surface area contributed by atoms with Crippen molar-refractivity contribution < 1.29 is 19.0 Å². The van der Waals surface area contributed by atoms with Crippen LogP contribution in [0.15, 0.2) is 48.7 Å². The lowest BCUT2D eigenvalue weighted by molar-refractivity contribution is -0.145. The van der Waals surface area contributed by atoms with Gasteiger partial charge in [0.25, 0.3) is 0 Å². The Hall–Kier alpha value is -2.56. The van der Waals surface area contributed by atoms with Gasteiger partial charge in [-0.15, -0.1) is 0 Å². The minimum atomic E-state index is -0.781. The van der Waals surface area contributed by atoms with E-state index in [0.29, 0.717) is 11.5 Å². The molecule has 0 fully saturated rings. The van der Waals surface area contributed by atoms with Gasteiger partial charge in [-0.05, 0) is 18.2 Å². The van der Waals surface area contributed by atoms with Gasteiger partial charge in [-0.1, -0.05) is 18.2 Å². The Morgan fingerprint density at radius 2 is 1.95 bits per heavy atom. The summed E-state index contributed by atoms with van der Waals surface area (Å²) < 4.78 is 16.1. The van der Waals surface area contributed by atoms with Gasteiger partial charge in [0.05, 0.1) is 0 Å². The molecule has 19 heavy (non-hydrogen) atoms. The molecule has 96 valence electrons. The summed E-state index contributed by atoms with van der Waals surface area (Å²) in [6.07, 6.45) is 0.771. The Kier molecular flexibility index (Phi) is 3.02. The van der Waals surface area contributed by atoms with Gasteiger partial charge < -0.3 is 14.2 Å². The standard InChI is InChI=1S/C14H11NO4/c16-14(19-13-7-3-4-8-15-13)12-9-17-10-5-1-2-6-11(10)18-12/h1-8,12H,9H2. The second-order valence-corrected chi connectivity index (χ2v) is 3.95. The Morgan fingerprint density at radius 1 is 1.16 bits per heavy atom. The zero-order valence-corrected chi connectivity index (χ0v) is 9.98. The monoisotopic (exact) mass is 257 g/mol. The van der Waals surface area contributed by atoms with Crippen molar-refractivity contribution in [2.24, 2.45) is 0 Å². The largest absolute Gasteiger partial charge is 0.485 e. The van der Waals surface area contributed by atoms with Gasteiger partial charge in [-0.2, -0.15) is 0 Å². The number of benzene rings is 1. The van der Waals surface area contributed by atoms with Crippen molar-refractivity contribution in [1.29, 1.82) is 0 Å². The van der Waals surface area contributed by atoms with E-state index in [1.807, 2.05) is 12.1 Å². The highest BCUT2D eigenvalue weighted by molar-refractivity contribution is 5.78. The van der Waals surface area contributed by atoms with E-state index >= 15 is 0 Å². The average Bonchev–Trinajstić information content (AvgIpc) is 2.48. The number of fused-ring (bicyclic) bond motifs is 1. The summed E-state index contributed by atoms with van der Waals surface area (Å²) in [5, 5.41) is 0. The SMILES string of the molecule is O=C(Oc1ccccn1)C1COc2ccccc2O1. The maximum absolute atomic E-state index is 11.9. The molecule has 0 saturated carbocycles. The van der Waals surface area contributed by atoms with Gasteiger partial charge in [-0.25, -0.2) is 9.78 Å². The topological polar surface area (TPSA) is 57.7 Å². The summed E-state index contributed by atoms with van der Waals surface area (Å²) in [5.74, 6) is 0.893. The molecule has 5 heteroatoms. The van der Waals surface area contributed by atoms with Crippen molar-refractivity contribution >= 4 is 5.97 Å². The quantitative estimate of drug-likeness (QED) is 0.768. The van der Waals surface area contributed by atoms with Crippen molar-refractivity contribution in [2.45, 2.75) is 6.10 Å². The number of hydrogen-bond donors (Lipinski definition) is 0. The molecule has 0 N–H and O–H groups in total. The number of pyridine rings is 1. The second kappa shape index (κ2) is 4.97. The number of para-hydroxylation sites is 2. The number of ether oxygens (including phenoxy) is 3. The first kappa shape index (κ1) is 11.5. The molecule has 1 aliphatic rings. The minimum absolute atomic E-state index is 0.128. The molecule has 1 atom stereocenters. The van der Waals surface area contributed by atoms with E-state index < -0.39 is 12.1 Å². The highest BCUT2D eigenvalue weighted by Crippen LogP contribution is 2.31. The molecule has 0 bridgehead atoms. The lowest BCUT2D eigenvalue weighted by atomic mass is 10.2. The molecule has 5 nitrogen and oxygen atoms in total. The lowest BCUT2D eigenvalue weighted by Gasteiger charge is -2.24. The average molecular weight is 257 g/mol. The van der Waals surface area contributed by atoms with Gasteiger partial charge in [0.1, 0.15) is 6.61 Å². The van der Waals surface area contributed by atoms with E-state index in [1.54, 1.807) is 36.5 Å². The second-order valence-electron chi connectivity index (χ2n) is 3.95. The zero-order chi connectivity index (χ0) is 13.1. The number of rotatable bonds is 2. The minimum Gasteiger partial charge on any atom is -0.485 e. The lowest BCUT2D eigenvalue weighted by Crippen LogP contribution is -2.39. The Labute approximate surface area is 109 Å². The molecule has 2 heterocycles. The zero-order valence-electron chi connectivity index (χ0n) is 9.98. The van der Waals surface area contributed by atoms with Crippen LogP contribution < -0.4 is 14.2 Å². The van der Waals surface area contributed by atoms with E-state index in [9.17, 15) is 4.79 Å². The van der Waals surface area contributed by atoms with Crippen LogP contribution in [0.4, 0.5) is 0 Å². The van der Waals surface area contributed by atoms with Gasteiger partial charge >= 0.3 is 5.97 Å². The highest BCUT2D eigenvalue weighted by atomic mass is 16.6. The van der Waals surface area contributed by atoms with Crippen LogP contribution >= 0.6 is 0 Å². The molecule has 1 unspecified atom stereocenters. The summed E-state index contributed by atoms with van der Waals surface area (Å²) in [6, 6.07) is 12.3. The van der Waals surface area contributed by atoms with Crippen molar-refractivity contribution in [3.05, 3.63) is 48.7 Å². The number of hydrogen-bond acceptors (Lipinski definition) is 5. The van der Waals surface area contributed by atoms with Crippen LogP contribution in [0.5, 0.6) is 17.4 Å². The summed E-state index contributed by atoms with van der Waals surface area (Å²) in [7, 11) is 0. The molecule has 0 radical (unpaired) electrons. The van der Waals surface area contributed by atoms with Crippen molar-refractivity contribution in [3.63, 3.8) is 0 Å². The third-order valence-electron chi connectivity index (χ3n) is 2.61. The van der Waals surface area contributed by atoms with Crippen LogP contribution in [-0.4, -0.2) is 23.7 Å². The van der Waals surface area contributed by atoms with Gasteiger partial charge in [0, 0.05) is 12.3 Å². The number of nitrogens with zero attached hydrogens (tertiary/aromatic N) is 1. The van der Waals surface area contributed by atoms with E-state index in [2.05, 4.69) is 4.98 Å². The number of carbonyl (C=O) groups is 1. The first-order valence-corrected chi connectivity index (χ1v) is 5.84. The first-order valence-electron chi connectivity index (χ1n) is 5.84. The van der Waals surface area contributed by atoms with Gasteiger partial charge in [0.2, 0.25) is 12.0 Å². The number of carbonyl (C=O) groups excluding carboxylic acids is 1. The molecule has 2 aromatic rings. The molecular formula is C14H11NO4. The predicted molar refractivity (Wildman–Crippen MR) is 66.2 cm³/mol. The molecule has 1 aromatic heterocycles. The van der Waals surface area contributed by atoms with Crippen molar-refractivity contribution in [1.82, 2.24) is 4.98 Å². The maximum Gasteiger partial charge on any atom is 0.357 e. The highest BCUT2D eigenvalue weighted by Gasteiger charge is 2.29. The molecule has 1 aromatic carbocycles. The smallest absolute Gasteiger partial charge is 0.357 e. The van der Waals surface area contributed by atoms with Crippen molar-refractivity contribution in [3.8, 4) is 17.4 Å². The molecule has 0 spiro atoms. The molecule has 0 amide bonds. The molecular weight excluding hydrogens is 246 g/mol.